The van der Waals surface area contributed by atoms with Gasteiger partial charge in [-0.25, -0.2) is 9.07 Å². The minimum atomic E-state index is -4.84. The van der Waals surface area contributed by atoms with Crippen LogP contribution in [-0.4, -0.2) is 59.3 Å². The first-order valence-corrected chi connectivity index (χ1v) is 11.9. The van der Waals surface area contributed by atoms with Gasteiger partial charge in [0.1, 0.15) is 11.9 Å². The third-order valence-electron chi connectivity index (χ3n) is 5.29. The number of hydrogen-bond donors (Lipinski definition) is 2. The van der Waals surface area contributed by atoms with E-state index in [-0.39, 0.29) is 44.0 Å². The second-order valence-electron chi connectivity index (χ2n) is 8.50. The Bertz CT molecular complexity index is 1430. The molecule has 16 heteroatoms. The first-order chi connectivity index (χ1) is 19.1. The molecular weight excluding hydrogens is 538 g/mol. The van der Waals surface area contributed by atoms with Crippen molar-refractivity contribution in [2.24, 2.45) is 0 Å². The van der Waals surface area contributed by atoms with Gasteiger partial charge in [0.2, 0.25) is 5.91 Å². The van der Waals surface area contributed by atoms with Crippen molar-refractivity contribution in [3.05, 3.63) is 78.0 Å². The highest BCUT2D eigenvalue weighted by atomic mass is 19.4. The first-order valence-electron chi connectivity index (χ1n) is 11.9. The molecule has 0 aliphatic rings. The Labute approximate surface area is 224 Å². The van der Waals surface area contributed by atoms with E-state index in [0.717, 1.165) is 12.1 Å². The van der Waals surface area contributed by atoms with Crippen LogP contribution in [0.5, 0.6) is 5.75 Å². The van der Waals surface area contributed by atoms with Crippen LogP contribution in [0.15, 0.2) is 61.1 Å². The summed E-state index contributed by atoms with van der Waals surface area (Å²) in [5, 5.41) is 20.3. The second-order valence-corrected chi connectivity index (χ2v) is 8.50. The van der Waals surface area contributed by atoms with E-state index in [4.69, 9.17) is 0 Å². The number of aryl methyl sites for hydroxylation is 1. The lowest BCUT2D eigenvalue weighted by atomic mass is 10.1. The summed E-state index contributed by atoms with van der Waals surface area (Å²) in [5.41, 5.74) is 1.01. The molecule has 1 aromatic carbocycles. The fourth-order valence-electron chi connectivity index (χ4n) is 3.51. The number of alkyl halides is 4. The van der Waals surface area contributed by atoms with Crippen molar-refractivity contribution in [3.8, 4) is 5.75 Å². The van der Waals surface area contributed by atoms with E-state index >= 15 is 0 Å². The number of pyridine rings is 1. The van der Waals surface area contributed by atoms with Gasteiger partial charge in [-0.3, -0.25) is 19.3 Å². The summed E-state index contributed by atoms with van der Waals surface area (Å²) in [6, 6.07) is 10.4. The average Bonchev–Trinajstić information content (AvgIpc) is 3.55. The van der Waals surface area contributed by atoms with Crippen LogP contribution in [0, 0.1) is 0 Å². The molecule has 0 spiro atoms. The molecule has 0 saturated carbocycles. The lowest BCUT2D eigenvalue weighted by Gasteiger charge is -2.09. The second kappa shape index (κ2) is 12.8. The molecule has 1 atom stereocenters. The third kappa shape index (κ3) is 8.85. The molecule has 0 radical (unpaired) electrons. The maximum atomic E-state index is 14.5. The van der Waals surface area contributed by atoms with Gasteiger partial charge in [0.25, 0.3) is 5.91 Å². The zero-order valence-corrected chi connectivity index (χ0v) is 20.8. The van der Waals surface area contributed by atoms with Gasteiger partial charge < -0.3 is 15.4 Å². The van der Waals surface area contributed by atoms with Crippen LogP contribution in [0.4, 0.5) is 23.4 Å². The van der Waals surface area contributed by atoms with Crippen LogP contribution >= 0.6 is 0 Å². The molecule has 210 valence electrons. The van der Waals surface area contributed by atoms with Crippen molar-refractivity contribution >= 4 is 17.6 Å². The molecular formula is C24H23F4N9O3. The number of nitrogens with zero attached hydrogens (tertiary/aromatic N) is 7. The molecule has 0 aliphatic carbocycles. The van der Waals surface area contributed by atoms with E-state index in [1.165, 1.54) is 33.9 Å². The number of rotatable bonds is 12. The number of ether oxygens (including phenoxy) is 1. The number of carbonyl (C=O) groups is 2. The van der Waals surface area contributed by atoms with Crippen LogP contribution in [0.1, 0.15) is 28.2 Å². The molecule has 0 saturated heterocycles. The largest absolute Gasteiger partial charge is 0.573 e. The quantitative estimate of drug-likeness (QED) is 0.252. The topological polar surface area (TPSA) is 142 Å². The predicted octanol–water partition coefficient (Wildman–Crippen LogP) is 2.70. The maximum absolute atomic E-state index is 14.5. The molecule has 1 unspecified atom stereocenters. The fraction of sp³-hybridized carbons (Fsp3) is 0.292. The average molecular weight is 562 g/mol. The minimum absolute atomic E-state index is 0.0316. The first kappa shape index (κ1) is 28.1. The third-order valence-corrected chi connectivity index (χ3v) is 5.29. The van der Waals surface area contributed by atoms with Crippen molar-refractivity contribution in [2.75, 3.05) is 5.32 Å². The summed E-state index contributed by atoms with van der Waals surface area (Å²) in [4.78, 5) is 28.6. The van der Waals surface area contributed by atoms with Gasteiger partial charge >= 0.3 is 6.36 Å². The van der Waals surface area contributed by atoms with Gasteiger partial charge in [-0.05, 0) is 29.8 Å². The summed E-state index contributed by atoms with van der Waals surface area (Å²) in [6.45, 7) is 0.200. The summed E-state index contributed by atoms with van der Waals surface area (Å²) in [5.74, 6) is -1.34. The molecule has 2 N–H and O–H groups in total. The van der Waals surface area contributed by atoms with Gasteiger partial charge in [-0.15, -0.1) is 23.4 Å². The number of anilines is 1. The highest BCUT2D eigenvalue weighted by Crippen LogP contribution is 2.23. The number of amides is 2. The number of halogens is 4. The Kier molecular flexibility index (Phi) is 8.98. The Morgan fingerprint density at radius 2 is 1.85 bits per heavy atom. The summed E-state index contributed by atoms with van der Waals surface area (Å²) in [6.07, 6.45) is -2.03. The van der Waals surface area contributed by atoms with Gasteiger partial charge in [0.05, 0.1) is 37.6 Å². The van der Waals surface area contributed by atoms with Crippen molar-refractivity contribution in [2.45, 2.75) is 45.0 Å². The van der Waals surface area contributed by atoms with E-state index < -0.39 is 30.1 Å². The molecule has 4 aromatic rings. The zero-order valence-electron chi connectivity index (χ0n) is 20.8. The van der Waals surface area contributed by atoms with Crippen LogP contribution in [0.25, 0.3) is 0 Å². The van der Waals surface area contributed by atoms with E-state index in [2.05, 4.69) is 41.0 Å². The van der Waals surface area contributed by atoms with E-state index in [1.807, 2.05) is 0 Å². The van der Waals surface area contributed by atoms with Crippen LogP contribution < -0.4 is 15.4 Å². The monoisotopic (exact) mass is 561 g/mol. The number of nitrogens with one attached hydrogen (secondary N) is 2. The van der Waals surface area contributed by atoms with Gasteiger partial charge in [-0.2, -0.15) is 0 Å². The molecule has 0 bridgehead atoms. The van der Waals surface area contributed by atoms with Gasteiger partial charge in [0.15, 0.2) is 11.5 Å². The molecule has 3 aromatic heterocycles. The Morgan fingerprint density at radius 1 is 1.02 bits per heavy atom. The Morgan fingerprint density at radius 3 is 2.62 bits per heavy atom. The van der Waals surface area contributed by atoms with Crippen LogP contribution in [0.2, 0.25) is 0 Å². The molecule has 0 aliphatic heterocycles. The maximum Gasteiger partial charge on any atom is 0.573 e. The Balaban J connectivity index is 1.20. The molecule has 2 amide bonds. The number of carbonyl (C=O) groups excluding carboxylic acids is 2. The standard InChI is InChI=1S/C24H23F4N9O3/c25-17(13-37-14-20(32-34-37)23(39)30-12-18-5-1-2-8-29-18)7-9-36-15-21(33-35-36)31-22(38)11-16-4-3-6-19(10-16)40-24(26,27)28/h1-6,8,10,14-15,17H,7,9,11-13H2,(H,30,39)(H,31,38). The fourth-order valence-corrected chi connectivity index (χ4v) is 3.51. The normalized spacial score (nSPS) is 12.1. The van der Waals surface area contributed by atoms with Crippen LogP contribution in [-0.2, 0) is 30.8 Å². The van der Waals surface area contributed by atoms with E-state index in [1.54, 1.807) is 24.4 Å². The SMILES string of the molecule is O=C(Cc1cccc(OC(F)(F)F)c1)Nc1cn(CCC(F)Cn2cc(C(=O)NCc3ccccn3)nn2)nn1. The Hall–Kier alpha value is -4.89. The molecule has 3 heterocycles. The number of hydrogen-bond acceptors (Lipinski definition) is 8. The van der Waals surface area contributed by atoms with Crippen molar-refractivity contribution in [1.82, 2.24) is 40.3 Å². The number of benzene rings is 1. The summed E-state index contributed by atoms with van der Waals surface area (Å²) >= 11 is 0. The minimum Gasteiger partial charge on any atom is -0.406 e. The molecule has 12 nitrogen and oxygen atoms in total. The summed E-state index contributed by atoms with van der Waals surface area (Å²) in [7, 11) is 0. The van der Waals surface area contributed by atoms with E-state index in [9.17, 15) is 27.2 Å². The highest BCUT2D eigenvalue weighted by molar-refractivity contribution is 5.92. The van der Waals surface area contributed by atoms with E-state index in [0.29, 0.717) is 11.3 Å². The van der Waals surface area contributed by atoms with Crippen molar-refractivity contribution < 1.29 is 31.9 Å². The smallest absolute Gasteiger partial charge is 0.406 e. The van der Waals surface area contributed by atoms with Gasteiger partial charge in [-0.1, -0.05) is 28.6 Å². The lowest BCUT2D eigenvalue weighted by Crippen LogP contribution is -2.23. The summed E-state index contributed by atoms with van der Waals surface area (Å²) < 4.78 is 58.1. The van der Waals surface area contributed by atoms with Crippen LogP contribution in [0.3, 0.4) is 0 Å². The van der Waals surface area contributed by atoms with Crippen molar-refractivity contribution in [1.29, 1.82) is 0 Å². The predicted molar refractivity (Wildman–Crippen MR) is 130 cm³/mol. The zero-order chi connectivity index (χ0) is 28.5. The lowest BCUT2D eigenvalue weighted by molar-refractivity contribution is -0.274. The molecule has 4 rings (SSSR count). The highest BCUT2D eigenvalue weighted by Gasteiger charge is 2.31. The molecule has 40 heavy (non-hydrogen) atoms. The van der Waals surface area contributed by atoms with Gasteiger partial charge in [0, 0.05) is 19.2 Å². The number of aromatic nitrogens is 7. The van der Waals surface area contributed by atoms with Crippen molar-refractivity contribution in [3.63, 3.8) is 0 Å². The molecule has 0 fully saturated rings.